The molecule has 21 heavy (non-hydrogen) atoms. The molecule has 1 heterocycles. The number of hydrogen-bond donors (Lipinski definition) is 1. The molecule has 9 heteroatoms. The molecule has 1 aromatic carbocycles. The number of aryl methyl sites for hydroxylation is 1. The molecule has 1 N–H and O–H groups in total. The predicted molar refractivity (Wildman–Crippen MR) is 77.9 cm³/mol. The quantitative estimate of drug-likeness (QED) is 0.687. The molecule has 0 atom stereocenters. The van der Waals surface area contributed by atoms with Crippen molar-refractivity contribution in [2.75, 3.05) is 4.72 Å². The molecule has 0 saturated heterocycles. The number of benzene rings is 1. The van der Waals surface area contributed by atoms with Crippen molar-refractivity contribution in [1.29, 1.82) is 0 Å². The lowest BCUT2D eigenvalue weighted by Crippen LogP contribution is -2.15. The zero-order valence-corrected chi connectivity index (χ0v) is 12.4. The first-order valence-corrected chi connectivity index (χ1v) is 7.55. The maximum atomic E-state index is 12.3. The Labute approximate surface area is 125 Å². The van der Waals surface area contributed by atoms with Crippen LogP contribution in [0.15, 0.2) is 41.4 Å². The zero-order chi connectivity index (χ0) is 15.6. The largest absolute Gasteiger partial charge is 0.269 e. The van der Waals surface area contributed by atoms with Crippen LogP contribution in [0.5, 0.6) is 0 Å². The highest BCUT2D eigenvalue weighted by molar-refractivity contribution is 7.92. The van der Waals surface area contributed by atoms with Crippen molar-refractivity contribution in [3.8, 4) is 0 Å². The summed E-state index contributed by atoms with van der Waals surface area (Å²) in [6.07, 6.45) is 1.36. The van der Waals surface area contributed by atoms with E-state index < -0.39 is 14.9 Å². The van der Waals surface area contributed by atoms with E-state index in [9.17, 15) is 18.5 Å². The summed E-state index contributed by atoms with van der Waals surface area (Å²) in [6, 6.07) is 6.38. The fraction of sp³-hybridized carbons (Fsp3) is 0.0833. The van der Waals surface area contributed by atoms with Crippen molar-refractivity contribution in [2.24, 2.45) is 0 Å². The van der Waals surface area contributed by atoms with Gasteiger partial charge in [0, 0.05) is 29.4 Å². The van der Waals surface area contributed by atoms with E-state index in [1.165, 1.54) is 37.4 Å². The number of aromatic nitrogens is 1. The van der Waals surface area contributed by atoms with E-state index in [4.69, 9.17) is 11.6 Å². The number of nitro benzene ring substituents is 1. The number of anilines is 1. The monoisotopic (exact) mass is 327 g/mol. The van der Waals surface area contributed by atoms with Gasteiger partial charge < -0.3 is 0 Å². The lowest BCUT2D eigenvalue weighted by Gasteiger charge is -2.09. The van der Waals surface area contributed by atoms with E-state index in [-0.39, 0.29) is 22.0 Å². The molecule has 0 amide bonds. The Balaban J connectivity index is 2.38. The fourth-order valence-corrected chi connectivity index (χ4v) is 3.09. The minimum atomic E-state index is -3.90. The second kappa shape index (κ2) is 5.66. The third kappa shape index (κ3) is 3.47. The van der Waals surface area contributed by atoms with Crippen LogP contribution in [0.25, 0.3) is 0 Å². The fourth-order valence-electron chi connectivity index (χ4n) is 1.70. The van der Waals surface area contributed by atoms with Crippen LogP contribution in [0.4, 0.5) is 11.5 Å². The van der Waals surface area contributed by atoms with Crippen molar-refractivity contribution < 1.29 is 13.3 Å². The van der Waals surface area contributed by atoms with Crippen LogP contribution in [0.3, 0.4) is 0 Å². The first-order valence-electron chi connectivity index (χ1n) is 5.69. The van der Waals surface area contributed by atoms with Gasteiger partial charge in [0.2, 0.25) is 0 Å². The molecule has 0 saturated carbocycles. The van der Waals surface area contributed by atoms with Gasteiger partial charge in [-0.2, -0.15) is 0 Å². The van der Waals surface area contributed by atoms with Crippen LogP contribution in [0.2, 0.25) is 5.02 Å². The molecule has 7 nitrogen and oxygen atoms in total. The molecule has 110 valence electrons. The van der Waals surface area contributed by atoms with Crippen LogP contribution in [-0.2, 0) is 10.0 Å². The van der Waals surface area contributed by atoms with Crippen molar-refractivity contribution in [3.63, 3.8) is 0 Å². The Kier molecular flexibility index (Phi) is 4.10. The van der Waals surface area contributed by atoms with Crippen molar-refractivity contribution in [2.45, 2.75) is 11.8 Å². The van der Waals surface area contributed by atoms with Gasteiger partial charge in [-0.25, -0.2) is 13.4 Å². The Morgan fingerprint density at radius 1 is 1.29 bits per heavy atom. The second-order valence-corrected chi connectivity index (χ2v) is 6.26. The highest BCUT2D eigenvalue weighted by Gasteiger charge is 2.20. The zero-order valence-electron chi connectivity index (χ0n) is 10.8. The number of sulfonamides is 1. The van der Waals surface area contributed by atoms with Gasteiger partial charge in [-0.15, -0.1) is 0 Å². The first-order chi connectivity index (χ1) is 9.79. The van der Waals surface area contributed by atoms with Gasteiger partial charge in [-0.1, -0.05) is 11.6 Å². The molecular weight excluding hydrogens is 318 g/mol. The van der Waals surface area contributed by atoms with Crippen LogP contribution in [0.1, 0.15) is 5.56 Å². The van der Waals surface area contributed by atoms with Gasteiger partial charge in [0.05, 0.1) is 9.82 Å². The molecule has 0 aliphatic carbocycles. The minimum Gasteiger partial charge on any atom is -0.263 e. The molecule has 2 aromatic rings. The van der Waals surface area contributed by atoms with E-state index in [0.29, 0.717) is 5.02 Å². The third-order valence-electron chi connectivity index (χ3n) is 2.62. The Morgan fingerprint density at radius 3 is 2.57 bits per heavy atom. The van der Waals surface area contributed by atoms with Crippen molar-refractivity contribution >= 4 is 33.1 Å². The number of rotatable bonds is 4. The number of nitrogens with zero attached hydrogens (tertiary/aromatic N) is 2. The number of non-ortho nitro benzene ring substituents is 1. The summed E-state index contributed by atoms with van der Waals surface area (Å²) in [4.78, 5) is 13.9. The summed E-state index contributed by atoms with van der Waals surface area (Å²) < 4.78 is 26.8. The number of pyridine rings is 1. The number of nitro groups is 1. The average Bonchev–Trinajstić information content (AvgIpc) is 2.37. The van der Waals surface area contributed by atoms with Crippen LogP contribution >= 0.6 is 11.6 Å². The summed E-state index contributed by atoms with van der Waals surface area (Å²) in [6.45, 7) is 1.48. The van der Waals surface area contributed by atoms with Gasteiger partial charge in [-0.05, 0) is 24.6 Å². The SMILES string of the molecule is Cc1cc([N+](=O)[O-])ccc1S(=O)(=O)Nc1cc(Cl)ccn1. The molecule has 0 fully saturated rings. The maximum Gasteiger partial charge on any atom is 0.269 e. The second-order valence-electron chi connectivity index (χ2n) is 4.17. The van der Waals surface area contributed by atoms with E-state index in [0.717, 1.165) is 6.07 Å². The van der Waals surface area contributed by atoms with Gasteiger partial charge in [0.25, 0.3) is 15.7 Å². The standard InChI is InChI=1S/C12H10ClN3O4S/c1-8-6-10(16(17)18)2-3-11(8)21(19,20)15-12-7-9(13)4-5-14-12/h2-7H,1H3,(H,14,15). The third-order valence-corrected chi connectivity index (χ3v) is 4.37. The van der Waals surface area contributed by atoms with E-state index >= 15 is 0 Å². The minimum absolute atomic E-state index is 0.0603. The molecule has 2 rings (SSSR count). The highest BCUT2D eigenvalue weighted by atomic mass is 35.5. The topological polar surface area (TPSA) is 102 Å². The Morgan fingerprint density at radius 2 is 2.00 bits per heavy atom. The molecular formula is C12H10ClN3O4S. The molecule has 0 radical (unpaired) electrons. The lowest BCUT2D eigenvalue weighted by atomic mass is 10.2. The predicted octanol–water partition coefficient (Wildman–Crippen LogP) is 2.75. The van der Waals surface area contributed by atoms with E-state index in [1.54, 1.807) is 0 Å². The maximum absolute atomic E-state index is 12.3. The van der Waals surface area contributed by atoms with E-state index in [2.05, 4.69) is 9.71 Å². The summed E-state index contributed by atoms with van der Waals surface area (Å²) in [5, 5.41) is 11.0. The molecule has 0 aliphatic heterocycles. The van der Waals surface area contributed by atoms with Gasteiger partial charge in [0.1, 0.15) is 5.82 Å². The smallest absolute Gasteiger partial charge is 0.263 e. The Bertz CT molecular complexity index is 808. The lowest BCUT2D eigenvalue weighted by molar-refractivity contribution is -0.385. The van der Waals surface area contributed by atoms with Crippen LogP contribution < -0.4 is 4.72 Å². The van der Waals surface area contributed by atoms with Gasteiger partial charge in [-0.3, -0.25) is 14.8 Å². The summed E-state index contributed by atoms with van der Waals surface area (Å²) in [5.74, 6) is 0.0697. The van der Waals surface area contributed by atoms with Gasteiger partial charge >= 0.3 is 0 Å². The van der Waals surface area contributed by atoms with Gasteiger partial charge in [0.15, 0.2) is 0 Å². The average molecular weight is 328 g/mol. The highest BCUT2D eigenvalue weighted by Crippen LogP contribution is 2.23. The normalized spacial score (nSPS) is 11.1. The van der Waals surface area contributed by atoms with Crippen LogP contribution in [-0.4, -0.2) is 18.3 Å². The number of halogens is 1. The summed E-state index contributed by atoms with van der Waals surface area (Å²) in [5.41, 5.74) is 0.0889. The van der Waals surface area contributed by atoms with Crippen molar-refractivity contribution in [1.82, 2.24) is 4.98 Å². The number of hydrogen-bond acceptors (Lipinski definition) is 5. The molecule has 0 aliphatic rings. The molecule has 1 aromatic heterocycles. The van der Waals surface area contributed by atoms with E-state index in [1.807, 2.05) is 0 Å². The molecule has 0 unspecified atom stereocenters. The first kappa shape index (κ1) is 15.2. The molecule has 0 spiro atoms. The molecule has 0 bridgehead atoms. The van der Waals surface area contributed by atoms with Crippen molar-refractivity contribution in [3.05, 3.63) is 57.2 Å². The Hall–Kier alpha value is -2.19. The summed E-state index contributed by atoms with van der Waals surface area (Å²) >= 11 is 5.76. The number of nitrogens with one attached hydrogen (secondary N) is 1. The van der Waals surface area contributed by atoms with Crippen LogP contribution in [0, 0.1) is 17.0 Å². The summed E-state index contributed by atoms with van der Waals surface area (Å²) in [7, 11) is -3.90.